The van der Waals surface area contributed by atoms with Gasteiger partial charge in [0.15, 0.2) is 10.8 Å². The molecule has 1 amide bonds. The Bertz CT molecular complexity index is 1140. The van der Waals surface area contributed by atoms with E-state index in [1.807, 2.05) is 0 Å². The van der Waals surface area contributed by atoms with Crippen LogP contribution in [0.3, 0.4) is 0 Å². The van der Waals surface area contributed by atoms with Crippen molar-refractivity contribution in [1.29, 1.82) is 0 Å². The summed E-state index contributed by atoms with van der Waals surface area (Å²) in [5.41, 5.74) is -1.02. The normalized spacial score (nSPS) is 16.4. The van der Waals surface area contributed by atoms with E-state index >= 15 is 0 Å². The summed E-state index contributed by atoms with van der Waals surface area (Å²) < 4.78 is 40.0. The Morgan fingerprint density at radius 1 is 1.43 bits per heavy atom. The van der Waals surface area contributed by atoms with E-state index in [0.717, 1.165) is 18.2 Å². The summed E-state index contributed by atoms with van der Waals surface area (Å²) in [6.45, 7) is 0. The van der Waals surface area contributed by atoms with Crippen LogP contribution in [0.25, 0.3) is 11.0 Å². The third-order valence-corrected chi connectivity index (χ3v) is 5.67. The number of nitrogens with zero attached hydrogens (tertiary/aromatic N) is 3. The SMILES string of the molecule is O=C(CC1CSc2nc3[nH]ncc3c(=O)n21)Nc1cc(C(F)(F)F)ccc1Cl. The van der Waals surface area contributed by atoms with Crippen molar-refractivity contribution in [1.82, 2.24) is 19.7 Å². The first kappa shape index (κ1) is 18.8. The molecule has 0 saturated carbocycles. The number of alkyl halides is 3. The molecule has 28 heavy (non-hydrogen) atoms. The number of anilines is 1. The molecule has 4 rings (SSSR count). The second-order valence-electron chi connectivity index (χ2n) is 6.11. The van der Waals surface area contributed by atoms with Gasteiger partial charge in [-0.2, -0.15) is 18.3 Å². The number of fused-ring (bicyclic) bond motifs is 2. The monoisotopic (exact) mass is 429 g/mol. The predicted molar refractivity (Wildman–Crippen MR) is 97.6 cm³/mol. The van der Waals surface area contributed by atoms with E-state index in [2.05, 4.69) is 20.5 Å². The van der Waals surface area contributed by atoms with Crippen molar-refractivity contribution >= 4 is 46.0 Å². The average Bonchev–Trinajstić information content (AvgIpc) is 3.23. The maximum absolute atomic E-state index is 12.9. The van der Waals surface area contributed by atoms with Crippen LogP contribution >= 0.6 is 23.4 Å². The zero-order chi connectivity index (χ0) is 20.1. The number of rotatable bonds is 3. The van der Waals surface area contributed by atoms with Crippen LogP contribution in [-0.2, 0) is 11.0 Å². The number of aromatic nitrogens is 4. The summed E-state index contributed by atoms with van der Waals surface area (Å²) in [5.74, 6) is -0.120. The molecule has 1 atom stereocenters. The molecule has 1 aliphatic rings. The van der Waals surface area contributed by atoms with Gasteiger partial charge in [0.05, 0.1) is 28.5 Å². The van der Waals surface area contributed by atoms with Crippen LogP contribution in [0.15, 0.2) is 34.3 Å². The lowest BCUT2D eigenvalue weighted by Crippen LogP contribution is -2.27. The van der Waals surface area contributed by atoms with Gasteiger partial charge in [0.25, 0.3) is 5.56 Å². The highest BCUT2D eigenvalue weighted by Gasteiger charge is 2.32. The largest absolute Gasteiger partial charge is 0.416 e. The Labute approximate surface area is 164 Å². The fourth-order valence-electron chi connectivity index (χ4n) is 2.92. The molecule has 0 radical (unpaired) electrons. The minimum absolute atomic E-state index is 0.0125. The van der Waals surface area contributed by atoms with Gasteiger partial charge < -0.3 is 5.32 Å². The van der Waals surface area contributed by atoms with Crippen LogP contribution in [0.5, 0.6) is 0 Å². The lowest BCUT2D eigenvalue weighted by Gasteiger charge is -2.15. The van der Waals surface area contributed by atoms with Gasteiger partial charge in [-0.15, -0.1) is 0 Å². The Hall–Kier alpha value is -2.53. The standard InChI is InChI=1S/C16H11ClF3N5O2S/c17-10-2-1-7(16(18,19)20)3-11(10)22-12(26)4-8-6-28-15-23-13-9(5-21-24-13)14(27)25(8)15/h1-3,5,8H,4,6H2,(H,21,24)(H,22,26). The van der Waals surface area contributed by atoms with Gasteiger partial charge in [-0.05, 0) is 18.2 Å². The maximum atomic E-state index is 12.9. The number of benzene rings is 1. The Balaban J connectivity index is 1.56. The lowest BCUT2D eigenvalue weighted by atomic mass is 10.1. The zero-order valence-corrected chi connectivity index (χ0v) is 15.5. The van der Waals surface area contributed by atoms with E-state index in [9.17, 15) is 22.8 Å². The smallest absolute Gasteiger partial charge is 0.325 e. The number of halogens is 4. The predicted octanol–water partition coefficient (Wildman–Crippen LogP) is 3.47. The first-order valence-electron chi connectivity index (χ1n) is 7.99. The van der Waals surface area contributed by atoms with Crippen molar-refractivity contribution in [3.05, 3.63) is 45.3 Å². The molecule has 3 aromatic rings. The zero-order valence-electron chi connectivity index (χ0n) is 13.9. The van der Waals surface area contributed by atoms with E-state index in [1.165, 1.54) is 22.5 Å². The summed E-state index contributed by atoms with van der Waals surface area (Å²) in [7, 11) is 0. The number of thioether (sulfide) groups is 1. The first-order valence-corrected chi connectivity index (χ1v) is 9.35. The van der Waals surface area contributed by atoms with Crippen LogP contribution < -0.4 is 10.9 Å². The fraction of sp³-hybridized carbons (Fsp3) is 0.250. The summed E-state index contributed by atoms with van der Waals surface area (Å²) in [6, 6.07) is 2.21. The summed E-state index contributed by atoms with van der Waals surface area (Å²) >= 11 is 7.22. The molecule has 1 unspecified atom stereocenters. The average molecular weight is 430 g/mol. The van der Waals surface area contributed by atoms with Gasteiger partial charge in [-0.25, -0.2) is 4.98 Å². The van der Waals surface area contributed by atoms with Gasteiger partial charge in [0, 0.05) is 12.2 Å². The van der Waals surface area contributed by atoms with Crippen LogP contribution in [0.2, 0.25) is 5.02 Å². The quantitative estimate of drug-likeness (QED) is 0.622. The first-order chi connectivity index (χ1) is 13.2. The number of hydrogen-bond donors (Lipinski definition) is 2. The molecule has 12 heteroatoms. The number of carbonyl (C=O) groups is 1. The maximum Gasteiger partial charge on any atom is 0.416 e. The molecule has 0 spiro atoms. The van der Waals surface area contributed by atoms with Crippen molar-refractivity contribution in [2.45, 2.75) is 23.8 Å². The van der Waals surface area contributed by atoms with Crippen LogP contribution in [0.1, 0.15) is 18.0 Å². The number of hydrogen-bond acceptors (Lipinski definition) is 5. The molecule has 0 saturated heterocycles. The Kier molecular flexibility index (Phi) is 4.58. The summed E-state index contributed by atoms with van der Waals surface area (Å²) in [4.78, 5) is 29.3. The topological polar surface area (TPSA) is 92.7 Å². The van der Waals surface area contributed by atoms with E-state index in [-0.39, 0.29) is 22.7 Å². The lowest BCUT2D eigenvalue weighted by molar-refractivity contribution is -0.137. The molecule has 1 aliphatic heterocycles. The minimum Gasteiger partial charge on any atom is -0.325 e. The van der Waals surface area contributed by atoms with Crippen LogP contribution in [0.4, 0.5) is 18.9 Å². The summed E-state index contributed by atoms with van der Waals surface area (Å²) in [5, 5.41) is 9.56. The second kappa shape index (κ2) is 6.82. The highest BCUT2D eigenvalue weighted by atomic mass is 35.5. The molecular weight excluding hydrogens is 419 g/mol. The number of H-pyrrole nitrogens is 1. The van der Waals surface area contributed by atoms with Gasteiger partial charge >= 0.3 is 6.18 Å². The number of aromatic amines is 1. The molecule has 146 valence electrons. The van der Waals surface area contributed by atoms with Gasteiger partial charge in [0.2, 0.25) is 5.91 Å². The van der Waals surface area contributed by atoms with Gasteiger partial charge in [-0.1, -0.05) is 23.4 Å². The highest BCUT2D eigenvalue weighted by molar-refractivity contribution is 7.99. The van der Waals surface area contributed by atoms with Crippen molar-refractivity contribution in [3.8, 4) is 0 Å². The third kappa shape index (κ3) is 3.35. The van der Waals surface area contributed by atoms with Crippen molar-refractivity contribution in [3.63, 3.8) is 0 Å². The van der Waals surface area contributed by atoms with Gasteiger partial charge in [0.1, 0.15) is 5.39 Å². The third-order valence-electron chi connectivity index (χ3n) is 4.24. The van der Waals surface area contributed by atoms with Crippen molar-refractivity contribution < 1.29 is 18.0 Å². The molecule has 1 aromatic carbocycles. The Morgan fingerprint density at radius 2 is 2.21 bits per heavy atom. The highest BCUT2D eigenvalue weighted by Crippen LogP contribution is 2.35. The molecule has 2 aromatic heterocycles. The fourth-order valence-corrected chi connectivity index (χ4v) is 4.22. The Morgan fingerprint density at radius 3 is 2.96 bits per heavy atom. The van der Waals surface area contributed by atoms with Crippen LogP contribution in [0, 0.1) is 0 Å². The molecule has 3 heterocycles. The second-order valence-corrected chi connectivity index (χ2v) is 7.51. The molecule has 0 aliphatic carbocycles. The van der Waals surface area contributed by atoms with E-state index < -0.39 is 23.7 Å². The number of carbonyl (C=O) groups excluding carboxylic acids is 1. The molecule has 2 N–H and O–H groups in total. The van der Waals surface area contributed by atoms with Crippen LogP contribution in [-0.4, -0.2) is 31.4 Å². The van der Waals surface area contributed by atoms with E-state index in [0.29, 0.717) is 21.9 Å². The molecule has 0 bridgehead atoms. The van der Waals surface area contributed by atoms with Crippen molar-refractivity contribution in [2.75, 3.05) is 11.1 Å². The number of amides is 1. The van der Waals surface area contributed by atoms with Crippen molar-refractivity contribution in [2.24, 2.45) is 0 Å². The van der Waals surface area contributed by atoms with E-state index in [4.69, 9.17) is 11.6 Å². The molecular formula is C16H11ClF3N5O2S. The minimum atomic E-state index is -4.56. The molecule has 7 nitrogen and oxygen atoms in total. The molecule has 0 fully saturated rings. The van der Waals surface area contributed by atoms with E-state index in [1.54, 1.807) is 0 Å². The summed E-state index contributed by atoms with van der Waals surface area (Å²) in [6.07, 6.45) is -3.31. The number of nitrogens with one attached hydrogen (secondary N) is 2. The van der Waals surface area contributed by atoms with Gasteiger partial charge in [-0.3, -0.25) is 19.3 Å².